The minimum atomic E-state index is 0.252. The molecule has 78 valence electrons. The van der Waals surface area contributed by atoms with E-state index in [9.17, 15) is 4.79 Å². The highest BCUT2D eigenvalue weighted by Gasteiger charge is 2.63. The lowest BCUT2D eigenvalue weighted by Gasteiger charge is -2.02. The summed E-state index contributed by atoms with van der Waals surface area (Å²) in [5.74, 6) is 1.63. The highest BCUT2D eigenvalue weighted by Crippen LogP contribution is 2.61. The van der Waals surface area contributed by atoms with E-state index in [2.05, 4.69) is 24.3 Å². The van der Waals surface area contributed by atoms with Gasteiger partial charge in [-0.1, -0.05) is 24.3 Å². The van der Waals surface area contributed by atoms with Gasteiger partial charge in [0, 0.05) is 5.92 Å². The molecule has 3 atom stereocenters. The first kappa shape index (κ1) is 8.96. The summed E-state index contributed by atoms with van der Waals surface area (Å²) in [6.07, 6.45) is 1.10. The summed E-state index contributed by atoms with van der Waals surface area (Å²) < 4.78 is 5.19. The second kappa shape index (κ2) is 3.09. The second-order valence-electron chi connectivity index (χ2n) is 4.39. The number of benzene rings is 1. The largest absolute Gasteiger partial charge is 0.486 e. The smallest absolute Gasteiger partial charge is 0.339 e. The Morgan fingerprint density at radius 2 is 2.27 bits per heavy atom. The zero-order chi connectivity index (χ0) is 10.4. The predicted octanol–water partition coefficient (Wildman–Crippen LogP) is 2.11. The van der Waals surface area contributed by atoms with Gasteiger partial charge in [-0.2, -0.15) is 0 Å². The third-order valence-corrected chi connectivity index (χ3v) is 3.62. The van der Waals surface area contributed by atoms with Gasteiger partial charge in [0.05, 0.1) is 0 Å². The van der Waals surface area contributed by atoms with E-state index < -0.39 is 0 Å². The van der Waals surface area contributed by atoms with Gasteiger partial charge in [-0.15, -0.1) is 0 Å². The van der Waals surface area contributed by atoms with Crippen molar-refractivity contribution in [1.29, 1.82) is 0 Å². The molecular weight excluding hydrogens is 188 g/mol. The van der Waals surface area contributed by atoms with Gasteiger partial charge in [0.15, 0.2) is 6.61 Å². The average molecular weight is 203 g/mol. The first-order valence-electron chi connectivity index (χ1n) is 5.59. The van der Waals surface area contributed by atoms with Gasteiger partial charge < -0.3 is 9.53 Å². The van der Waals surface area contributed by atoms with Crippen LogP contribution in [-0.2, 0) is 11.2 Å². The van der Waals surface area contributed by atoms with Crippen LogP contribution in [-0.4, -0.2) is 17.4 Å². The van der Waals surface area contributed by atoms with E-state index in [0.29, 0.717) is 18.4 Å². The summed E-state index contributed by atoms with van der Waals surface area (Å²) in [7, 11) is 0. The van der Waals surface area contributed by atoms with Crippen LogP contribution in [0.15, 0.2) is 24.3 Å². The van der Waals surface area contributed by atoms with E-state index in [1.54, 1.807) is 0 Å². The van der Waals surface area contributed by atoms with Crippen LogP contribution >= 0.6 is 0 Å². The van der Waals surface area contributed by atoms with E-state index in [1.165, 1.54) is 11.1 Å². The minimum Gasteiger partial charge on any atom is -0.339 e. The first-order valence-corrected chi connectivity index (χ1v) is 5.59. The quantitative estimate of drug-likeness (QED) is 0.535. The van der Waals surface area contributed by atoms with Gasteiger partial charge in [0.2, 0.25) is 0 Å². The van der Waals surface area contributed by atoms with Crippen LogP contribution in [0.4, 0.5) is 0 Å². The zero-order valence-electron chi connectivity index (χ0n) is 8.81. The molecule has 0 spiro atoms. The third kappa shape index (κ3) is 1.21. The molecule has 0 heterocycles. The molecule has 1 fully saturated rings. The van der Waals surface area contributed by atoms with Crippen LogP contribution in [0.5, 0.6) is 0 Å². The van der Waals surface area contributed by atoms with Crippen LogP contribution in [0.1, 0.15) is 24.0 Å². The Morgan fingerprint density at radius 1 is 1.47 bits per heavy atom. The number of ether oxygens (including phenoxy) is 1. The van der Waals surface area contributed by atoms with Crippen molar-refractivity contribution >= 4 is 5.97 Å². The van der Waals surface area contributed by atoms with Gasteiger partial charge in [-0.25, -0.2) is 0 Å². The maximum Gasteiger partial charge on any atom is 0.486 e. The van der Waals surface area contributed by atoms with E-state index in [1.807, 2.05) is 6.92 Å². The number of carbonyl (C=O) groups excluding carboxylic acids is 1. The van der Waals surface area contributed by atoms with Crippen molar-refractivity contribution in [2.24, 2.45) is 11.8 Å². The van der Waals surface area contributed by atoms with Gasteiger partial charge in [-0.3, -0.25) is 0 Å². The molecule has 1 aromatic carbocycles. The number of hydrogen-bond donors (Lipinski definition) is 0. The topological polar surface area (TPSA) is 30.6 Å². The Hall–Kier alpha value is -1.31. The lowest BCUT2D eigenvalue weighted by atomic mass is 10.0. The van der Waals surface area contributed by atoms with Crippen molar-refractivity contribution in [2.75, 3.05) is 6.61 Å². The molecular formula is C13H15O2+. The predicted molar refractivity (Wildman–Crippen MR) is 58.4 cm³/mol. The molecule has 0 unspecified atom stereocenters. The fourth-order valence-electron chi connectivity index (χ4n) is 2.93. The second-order valence-corrected chi connectivity index (χ2v) is 4.39. The molecule has 3 rings (SSSR count). The van der Waals surface area contributed by atoms with Crippen molar-refractivity contribution in [1.82, 2.24) is 0 Å². The fourth-order valence-corrected chi connectivity index (χ4v) is 2.93. The van der Waals surface area contributed by atoms with E-state index in [0.717, 1.165) is 6.42 Å². The molecule has 1 saturated carbocycles. The van der Waals surface area contributed by atoms with Crippen molar-refractivity contribution in [3.63, 3.8) is 0 Å². The summed E-state index contributed by atoms with van der Waals surface area (Å²) in [5, 5.41) is 0. The summed E-state index contributed by atoms with van der Waals surface area (Å²) >= 11 is 0. The van der Waals surface area contributed by atoms with Gasteiger partial charge in [0.1, 0.15) is 5.92 Å². The number of fused-ring (bicyclic) bond motifs is 3. The number of hydrogen-bond acceptors (Lipinski definition) is 1. The minimum absolute atomic E-state index is 0.252. The van der Waals surface area contributed by atoms with Crippen molar-refractivity contribution in [2.45, 2.75) is 19.3 Å². The number of esters is 1. The molecule has 2 nitrogen and oxygen atoms in total. The highest BCUT2D eigenvalue weighted by atomic mass is 16.5. The van der Waals surface area contributed by atoms with E-state index >= 15 is 0 Å². The third-order valence-electron chi connectivity index (χ3n) is 3.62. The molecule has 0 bridgehead atoms. The molecule has 2 aliphatic rings. The van der Waals surface area contributed by atoms with Crippen LogP contribution in [0.3, 0.4) is 0 Å². The Bertz CT molecular complexity index is 411. The molecule has 1 N–H and O–H groups in total. The molecule has 15 heavy (non-hydrogen) atoms. The summed E-state index contributed by atoms with van der Waals surface area (Å²) in [6, 6.07) is 8.54. The molecule has 0 aromatic heterocycles. The summed E-state index contributed by atoms with van der Waals surface area (Å²) in [6.45, 7) is 2.46. The SMILES string of the molecule is CCOC(=[OH+])[C@@H]1[C@@H]2Cc3ccccc3[C@@H]21. The lowest BCUT2D eigenvalue weighted by molar-refractivity contribution is 0.274. The molecule has 0 amide bonds. The Labute approximate surface area is 89.2 Å². The summed E-state index contributed by atoms with van der Waals surface area (Å²) in [4.78, 5) is 9.71. The Kier molecular flexibility index (Phi) is 1.84. The first-order chi connectivity index (χ1) is 7.33. The van der Waals surface area contributed by atoms with Gasteiger partial charge in [-0.05, 0) is 30.4 Å². The van der Waals surface area contributed by atoms with Crippen molar-refractivity contribution in [3.05, 3.63) is 35.4 Å². The van der Waals surface area contributed by atoms with Crippen LogP contribution in [0, 0.1) is 11.8 Å². The Balaban J connectivity index is 1.81. The maximum absolute atomic E-state index is 9.71. The van der Waals surface area contributed by atoms with E-state index in [-0.39, 0.29) is 11.9 Å². The lowest BCUT2D eigenvalue weighted by Crippen LogP contribution is -2.11. The molecule has 2 aliphatic carbocycles. The van der Waals surface area contributed by atoms with E-state index in [4.69, 9.17) is 4.74 Å². The standard InChI is InChI=1S/C13H14O2/c1-2-15-13(14)12-10-7-8-5-3-4-6-9(8)11(10)12/h3-6,10-12H,2,7H2,1H3/p+1/t10-,11+,12-/m1/s1. The molecule has 0 aliphatic heterocycles. The Morgan fingerprint density at radius 3 is 3.07 bits per heavy atom. The molecule has 0 saturated heterocycles. The van der Waals surface area contributed by atoms with Crippen molar-refractivity contribution < 1.29 is 9.53 Å². The zero-order valence-corrected chi connectivity index (χ0v) is 8.81. The highest BCUT2D eigenvalue weighted by molar-refractivity contribution is 5.80. The maximum atomic E-state index is 9.71. The summed E-state index contributed by atoms with van der Waals surface area (Å²) in [5.41, 5.74) is 2.87. The molecule has 0 radical (unpaired) electrons. The van der Waals surface area contributed by atoms with Gasteiger partial charge >= 0.3 is 5.97 Å². The fraction of sp³-hybridized carbons (Fsp3) is 0.462. The molecule has 1 aromatic rings. The monoisotopic (exact) mass is 203 g/mol. The number of rotatable bonds is 2. The molecule has 2 heteroatoms. The van der Waals surface area contributed by atoms with Crippen LogP contribution < -0.4 is 0 Å². The normalized spacial score (nSPS) is 30.6. The van der Waals surface area contributed by atoms with Crippen LogP contribution in [0.2, 0.25) is 0 Å². The average Bonchev–Trinajstić information content (AvgIpc) is 2.83. The van der Waals surface area contributed by atoms with Crippen molar-refractivity contribution in [3.8, 4) is 0 Å². The van der Waals surface area contributed by atoms with Gasteiger partial charge in [0.25, 0.3) is 0 Å². The van der Waals surface area contributed by atoms with Crippen LogP contribution in [0.25, 0.3) is 0 Å².